The summed E-state index contributed by atoms with van der Waals surface area (Å²) in [5, 5.41) is 1.87. The Morgan fingerprint density at radius 3 is 2.57 bits per heavy atom. The van der Waals surface area contributed by atoms with Gasteiger partial charge in [-0.3, -0.25) is 0 Å². The van der Waals surface area contributed by atoms with Crippen molar-refractivity contribution in [2.24, 2.45) is 5.73 Å². The second-order valence-corrected chi connectivity index (χ2v) is 7.20. The molecule has 0 saturated heterocycles. The lowest BCUT2D eigenvalue weighted by atomic mass is 10.1. The third-order valence-electron chi connectivity index (χ3n) is 1.53. The number of nitrogens with two attached hydrogens (primary N) is 1. The summed E-state index contributed by atoms with van der Waals surface area (Å²) in [6, 6.07) is 3.68. The molecule has 0 aliphatic heterocycles. The Morgan fingerprint density at radius 2 is 2.14 bits per heavy atom. The van der Waals surface area contributed by atoms with Crippen LogP contribution in [-0.4, -0.2) is 19.7 Å². The van der Waals surface area contributed by atoms with Gasteiger partial charge in [-0.25, -0.2) is 8.42 Å². The van der Waals surface area contributed by atoms with Gasteiger partial charge in [0.2, 0.25) is 0 Å². The Morgan fingerprint density at radius 1 is 1.50 bits per heavy atom. The summed E-state index contributed by atoms with van der Waals surface area (Å²) in [6.07, 6.45) is 0. The molecule has 0 unspecified atom stereocenters. The Kier molecular flexibility index (Phi) is 3.34. The summed E-state index contributed by atoms with van der Waals surface area (Å²) in [5.41, 5.74) is 5.02. The quantitative estimate of drug-likeness (QED) is 0.855. The molecule has 80 valence electrons. The van der Waals surface area contributed by atoms with Gasteiger partial charge in [-0.05, 0) is 25.3 Å². The minimum atomic E-state index is -3.08. The molecule has 2 N–H and O–H groups in total. The topological polar surface area (TPSA) is 60.2 Å². The molecule has 5 heteroatoms. The van der Waals surface area contributed by atoms with E-state index >= 15 is 0 Å². The molecule has 1 heterocycles. The van der Waals surface area contributed by atoms with Gasteiger partial charge in [0.15, 0.2) is 9.84 Å². The van der Waals surface area contributed by atoms with Crippen LogP contribution >= 0.6 is 11.3 Å². The van der Waals surface area contributed by atoms with Crippen molar-refractivity contribution in [3.05, 3.63) is 22.4 Å². The highest BCUT2D eigenvalue weighted by Crippen LogP contribution is 2.15. The van der Waals surface area contributed by atoms with Crippen molar-refractivity contribution >= 4 is 21.2 Å². The van der Waals surface area contributed by atoms with Crippen molar-refractivity contribution in [1.29, 1.82) is 0 Å². The molecule has 1 aromatic rings. The standard InChI is InChI=1S/C9H15NO2S2/c1-9(2,10)7-14(11,12)6-8-4-3-5-13-8/h3-5H,6-7,10H2,1-2H3. The van der Waals surface area contributed by atoms with Gasteiger partial charge in [0.05, 0.1) is 11.5 Å². The summed E-state index contributed by atoms with van der Waals surface area (Å²) in [4.78, 5) is 0.870. The molecular formula is C9H15NO2S2. The maximum absolute atomic E-state index is 11.6. The Bertz CT molecular complexity index is 373. The Balaban J connectivity index is 2.69. The van der Waals surface area contributed by atoms with Crippen LogP contribution in [0.15, 0.2) is 17.5 Å². The zero-order valence-corrected chi connectivity index (χ0v) is 9.99. The monoisotopic (exact) mass is 233 g/mol. The molecule has 0 aliphatic carbocycles. The highest BCUT2D eigenvalue weighted by atomic mass is 32.2. The van der Waals surface area contributed by atoms with Crippen LogP contribution in [0.25, 0.3) is 0 Å². The molecule has 0 amide bonds. The average molecular weight is 233 g/mol. The van der Waals surface area contributed by atoms with E-state index in [0.717, 1.165) is 4.88 Å². The largest absolute Gasteiger partial charge is 0.325 e. The van der Waals surface area contributed by atoms with Gasteiger partial charge in [0.1, 0.15) is 0 Å². The van der Waals surface area contributed by atoms with E-state index in [1.807, 2.05) is 17.5 Å². The second-order valence-electron chi connectivity index (χ2n) is 4.10. The van der Waals surface area contributed by atoms with Crippen LogP contribution in [0.5, 0.6) is 0 Å². The van der Waals surface area contributed by atoms with E-state index in [1.165, 1.54) is 11.3 Å². The first-order valence-corrected chi connectivity index (χ1v) is 7.00. The molecule has 0 radical (unpaired) electrons. The fourth-order valence-electron chi connectivity index (χ4n) is 1.23. The molecule has 3 nitrogen and oxygen atoms in total. The molecule has 1 aromatic heterocycles. The first kappa shape index (κ1) is 11.7. The lowest BCUT2D eigenvalue weighted by Crippen LogP contribution is -2.40. The zero-order valence-electron chi connectivity index (χ0n) is 8.36. The molecule has 14 heavy (non-hydrogen) atoms. The first-order chi connectivity index (χ1) is 6.29. The highest BCUT2D eigenvalue weighted by molar-refractivity contribution is 7.90. The molecule has 0 spiro atoms. The van der Waals surface area contributed by atoms with Gasteiger partial charge in [0, 0.05) is 10.4 Å². The summed E-state index contributed by atoms with van der Waals surface area (Å²) in [6.45, 7) is 3.44. The van der Waals surface area contributed by atoms with Gasteiger partial charge in [-0.15, -0.1) is 11.3 Å². The van der Waals surface area contributed by atoms with Crippen LogP contribution in [0.1, 0.15) is 18.7 Å². The van der Waals surface area contributed by atoms with E-state index in [-0.39, 0.29) is 11.5 Å². The number of hydrogen-bond donors (Lipinski definition) is 1. The van der Waals surface area contributed by atoms with Crippen molar-refractivity contribution in [1.82, 2.24) is 0 Å². The lowest BCUT2D eigenvalue weighted by molar-refractivity contribution is 0.544. The van der Waals surface area contributed by atoms with Crippen LogP contribution < -0.4 is 5.73 Å². The summed E-state index contributed by atoms with van der Waals surface area (Å²) in [5.74, 6) is 0.128. The Hall–Kier alpha value is -0.390. The van der Waals surface area contributed by atoms with Crippen LogP contribution in [0.3, 0.4) is 0 Å². The van der Waals surface area contributed by atoms with E-state index in [2.05, 4.69) is 0 Å². The van der Waals surface area contributed by atoms with Crippen molar-refractivity contribution in [2.45, 2.75) is 25.1 Å². The maximum atomic E-state index is 11.6. The van der Waals surface area contributed by atoms with Crippen LogP contribution in [-0.2, 0) is 15.6 Å². The van der Waals surface area contributed by atoms with E-state index in [0.29, 0.717) is 0 Å². The number of hydrogen-bond acceptors (Lipinski definition) is 4. The van der Waals surface area contributed by atoms with E-state index in [4.69, 9.17) is 5.73 Å². The van der Waals surface area contributed by atoms with Crippen LogP contribution in [0.2, 0.25) is 0 Å². The van der Waals surface area contributed by atoms with Crippen molar-refractivity contribution in [2.75, 3.05) is 5.75 Å². The minimum absolute atomic E-state index is 0.0257. The third kappa shape index (κ3) is 4.21. The number of sulfone groups is 1. The minimum Gasteiger partial charge on any atom is -0.325 e. The fourth-order valence-corrected chi connectivity index (χ4v) is 4.29. The van der Waals surface area contributed by atoms with Gasteiger partial charge in [-0.1, -0.05) is 6.07 Å². The molecule has 0 aromatic carbocycles. The SMILES string of the molecule is CC(C)(N)CS(=O)(=O)Cc1cccs1. The van der Waals surface area contributed by atoms with E-state index < -0.39 is 15.4 Å². The fraction of sp³-hybridized carbons (Fsp3) is 0.556. The molecule has 0 atom stereocenters. The van der Waals surface area contributed by atoms with E-state index in [9.17, 15) is 8.42 Å². The normalized spacial score (nSPS) is 13.1. The predicted molar refractivity (Wildman–Crippen MR) is 60.1 cm³/mol. The summed E-state index contributed by atoms with van der Waals surface area (Å²) < 4.78 is 23.3. The van der Waals surface area contributed by atoms with Crippen molar-refractivity contribution in [3.8, 4) is 0 Å². The molecule has 1 rings (SSSR count). The average Bonchev–Trinajstić information content (AvgIpc) is 2.31. The predicted octanol–water partition coefficient (Wildman–Crippen LogP) is 1.40. The molecule has 0 saturated carbocycles. The number of thiophene rings is 1. The molecular weight excluding hydrogens is 218 g/mol. The Labute approximate surface area is 88.9 Å². The third-order valence-corrected chi connectivity index (χ3v) is 4.53. The zero-order chi connectivity index (χ0) is 10.8. The van der Waals surface area contributed by atoms with Crippen LogP contribution in [0.4, 0.5) is 0 Å². The maximum Gasteiger partial charge on any atom is 0.157 e. The summed E-state index contributed by atoms with van der Waals surface area (Å²) in [7, 11) is -3.08. The van der Waals surface area contributed by atoms with Crippen molar-refractivity contribution < 1.29 is 8.42 Å². The smallest absolute Gasteiger partial charge is 0.157 e. The van der Waals surface area contributed by atoms with Gasteiger partial charge >= 0.3 is 0 Å². The number of rotatable bonds is 4. The van der Waals surface area contributed by atoms with Crippen LogP contribution in [0, 0.1) is 0 Å². The second kappa shape index (κ2) is 4.00. The highest BCUT2D eigenvalue weighted by Gasteiger charge is 2.22. The first-order valence-electron chi connectivity index (χ1n) is 4.30. The van der Waals surface area contributed by atoms with Gasteiger partial charge in [0.25, 0.3) is 0 Å². The molecule has 0 bridgehead atoms. The molecule has 0 aliphatic rings. The van der Waals surface area contributed by atoms with Crippen molar-refractivity contribution in [3.63, 3.8) is 0 Å². The van der Waals surface area contributed by atoms with E-state index in [1.54, 1.807) is 13.8 Å². The lowest BCUT2D eigenvalue weighted by Gasteiger charge is -2.17. The molecule has 0 fully saturated rings. The van der Waals surface area contributed by atoms with Gasteiger partial charge < -0.3 is 5.73 Å². The summed E-state index contributed by atoms with van der Waals surface area (Å²) >= 11 is 1.46. The van der Waals surface area contributed by atoms with Gasteiger partial charge in [-0.2, -0.15) is 0 Å².